The minimum absolute atomic E-state index is 0. The van der Waals surface area contributed by atoms with Crippen molar-refractivity contribution in [2.75, 3.05) is 32.7 Å². The molecule has 5 aliphatic rings. The van der Waals surface area contributed by atoms with E-state index in [1.165, 1.54) is 108 Å². The summed E-state index contributed by atoms with van der Waals surface area (Å²) in [5.41, 5.74) is 1.18. The van der Waals surface area contributed by atoms with Gasteiger partial charge in [0.05, 0.1) is 32.7 Å². The molecule has 1 N–H and O–H groups in total. The Morgan fingerprint density at radius 3 is 2.41 bits per heavy atom. The van der Waals surface area contributed by atoms with Crippen LogP contribution in [0.15, 0.2) is 0 Å². The first-order valence-electron chi connectivity index (χ1n) is 16.4. The number of quaternary nitrogens is 1. The number of hydrogen-bond acceptors (Lipinski definition) is 1. The van der Waals surface area contributed by atoms with E-state index < -0.39 is 0 Å². The van der Waals surface area contributed by atoms with Crippen molar-refractivity contribution in [1.29, 1.82) is 0 Å². The molecule has 4 aliphatic carbocycles. The Morgan fingerprint density at radius 1 is 0.892 bits per heavy atom. The van der Waals surface area contributed by atoms with E-state index in [1.807, 2.05) is 0 Å². The normalized spacial score (nSPS) is 41.1. The molecule has 1 saturated heterocycles. The molecule has 0 radical (unpaired) electrons. The molecular weight excluding hydrogens is 567 g/mol. The number of amides is 1. The van der Waals surface area contributed by atoms with Crippen LogP contribution in [0.5, 0.6) is 0 Å². The van der Waals surface area contributed by atoms with Gasteiger partial charge in [-0.05, 0) is 111 Å². The largest absolute Gasteiger partial charge is 1.00 e. The summed E-state index contributed by atoms with van der Waals surface area (Å²) in [6.07, 6.45) is 20.7. The molecule has 5 rings (SSSR count). The first kappa shape index (κ1) is 30.1. The molecule has 8 atom stereocenters. The van der Waals surface area contributed by atoms with Gasteiger partial charge in [0.1, 0.15) is 0 Å². The SMILES string of the molecule is CCC[N+]1(CCNC(=O)CCC(C)[C@H]2CC[C@H]3[C@@H]4CCC5CCCC[C@]5(C)[C@H]4CC[C@]23C)CCCC1.[I-]. The van der Waals surface area contributed by atoms with Gasteiger partial charge in [0.2, 0.25) is 5.91 Å². The predicted octanol–water partition coefficient (Wildman–Crippen LogP) is 4.59. The minimum atomic E-state index is 0. The number of halogens is 1. The summed E-state index contributed by atoms with van der Waals surface area (Å²) in [7, 11) is 0. The van der Waals surface area contributed by atoms with E-state index in [-0.39, 0.29) is 24.0 Å². The van der Waals surface area contributed by atoms with Crippen molar-refractivity contribution < 1.29 is 33.3 Å². The molecule has 0 aromatic heterocycles. The van der Waals surface area contributed by atoms with Crippen LogP contribution in [-0.2, 0) is 4.79 Å². The molecule has 5 fully saturated rings. The molecule has 4 saturated carbocycles. The maximum absolute atomic E-state index is 12.8. The highest BCUT2D eigenvalue weighted by Crippen LogP contribution is 2.68. The Hall–Kier alpha value is 0.160. The van der Waals surface area contributed by atoms with Gasteiger partial charge in [-0.3, -0.25) is 4.79 Å². The lowest BCUT2D eigenvalue weighted by Gasteiger charge is -2.61. The molecule has 1 amide bonds. The van der Waals surface area contributed by atoms with Crippen LogP contribution in [-0.4, -0.2) is 43.1 Å². The van der Waals surface area contributed by atoms with E-state index in [0.29, 0.717) is 22.7 Å². The van der Waals surface area contributed by atoms with E-state index >= 15 is 0 Å². The van der Waals surface area contributed by atoms with Crippen molar-refractivity contribution in [1.82, 2.24) is 5.32 Å². The Labute approximate surface area is 246 Å². The topological polar surface area (TPSA) is 29.1 Å². The second-order valence-corrected chi connectivity index (χ2v) is 14.9. The molecule has 3 nitrogen and oxygen atoms in total. The van der Waals surface area contributed by atoms with Crippen molar-refractivity contribution in [3.63, 3.8) is 0 Å². The van der Waals surface area contributed by atoms with Gasteiger partial charge >= 0.3 is 0 Å². The second kappa shape index (κ2) is 12.4. The van der Waals surface area contributed by atoms with E-state index in [9.17, 15) is 4.79 Å². The van der Waals surface area contributed by atoms with E-state index in [4.69, 9.17) is 0 Å². The van der Waals surface area contributed by atoms with Gasteiger partial charge < -0.3 is 33.8 Å². The summed E-state index contributed by atoms with van der Waals surface area (Å²) in [5, 5.41) is 3.32. The van der Waals surface area contributed by atoms with Crippen LogP contribution in [0.1, 0.15) is 124 Å². The fourth-order valence-electron chi connectivity index (χ4n) is 11.4. The average molecular weight is 627 g/mol. The van der Waals surface area contributed by atoms with Gasteiger partial charge in [0.15, 0.2) is 0 Å². The van der Waals surface area contributed by atoms with Crippen LogP contribution >= 0.6 is 0 Å². The number of carbonyl (C=O) groups is 1. The van der Waals surface area contributed by atoms with Crippen LogP contribution in [0.3, 0.4) is 0 Å². The standard InChI is InChI=1S/C33H58N2O.HI/c1-5-21-35(22-8-9-23-35)24-20-34-31(36)16-11-25(2)28-14-15-29-27-13-12-26-10-6-7-18-32(26,3)30(27)17-19-33(28,29)4;/h25-30H,5-24H2,1-4H3;1H/t25?,26?,27-,28+,29-,30-,32-,33+;/m0./s1. The molecule has 1 aliphatic heterocycles. The number of nitrogens with zero attached hydrogens (tertiary/aromatic N) is 1. The second-order valence-electron chi connectivity index (χ2n) is 14.9. The molecule has 0 spiro atoms. The third-order valence-electron chi connectivity index (χ3n) is 13.3. The molecule has 2 unspecified atom stereocenters. The lowest BCUT2D eigenvalue weighted by Crippen LogP contribution is -3.00. The van der Waals surface area contributed by atoms with E-state index in [2.05, 4.69) is 33.0 Å². The van der Waals surface area contributed by atoms with Crippen molar-refractivity contribution >= 4 is 5.91 Å². The van der Waals surface area contributed by atoms with Crippen LogP contribution < -0.4 is 29.3 Å². The van der Waals surface area contributed by atoms with Crippen molar-refractivity contribution in [2.24, 2.45) is 46.3 Å². The first-order valence-corrected chi connectivity index (χ1v) is 16.4. The Bertz CT molecular complexity index is 765. The first-order chi connectivity index (χ1) is 17.3. The monoisotopic (exact) mass is 626 g/mol. The van der Waals surface area contributed by atoms with Gasteiger partial charge in [-0.1, -0.05) is 40.5 Å². The number of nitrogens with one attached hydrogen (secondary N) is 1. The number of carbonyl (C=O) groups excluding carboxylic acids is 1. The number of likely N-dealkylation sites (tertiary alicyclic amines) is 1. The molecule has 37 heavy (non-hydrogen) atoms. The number of hydrogen-bond donors (Lipinski definition) is 1. The minimum Gasteiger partial charge on any atom is -1.00 e. The third kappa shape index (κ3) is 5.82. The summed E-state index contributed by atoms with van der Waals surface area (Å²) in [5.74, 6) is 5.79. The van der Waals surface area contributed by atoms with Crippen LogP contribution in [0.25, 0.3) is 0 Å². The molecule has 1 heterocycles. The van der Waals surface area contributed by atoms with Crippen LogP contribution in [0.2, 0.25) is 0 Å². The molecule has 214 valence electrons. The third-order valence-corrected chi connectivity index (χ3v) is 13.3. The predicted molar refractivity (Wildman–Crippen MR) is 150 cm³/mol. The van der Waals surface area contributed by atoms with E-state index in [1.54, 1.807) is 0 Å². The molecule has 4 heteroatoms. The summed E-state index contributed by atoms with van der Waals surface area (Å²) in [4.78, 5) is 12.8. The van der Waals surface area contributed by atoms with Gasteiger partial charge in [-0.15, -0.1) is 0 Å². The molecule has 0 bridgehead atoms. The fourth-order valence-corrected chi connectivity index (χ4v) is 11.4. The van der Waals surface area contributed by atoms with Crippen LogP contribution in [0.4, 0.5) is 0 Å². The number of rotatable bonds is 9. The molecule has 0 aromatic rings. The highest BCUT2D eigenvalue weighted by Gasteiger charge is 2.60. The Balaban J connectivity index is 0.00000320. The fraction of sp³-hybridized carbons (Fsp3) is 0.970. The van der Waals surface area contributed by atoms with Crippen molar-refractivity contribution in [3.8, 4) is 0 Å². The highest BCUT2D eigenvalue weighted by atomic mass is 127. The van der Waals surface area contributed by atoms with Gasteiger partial charge in [0.25, 0.3) is 0 Å². The average Bonchev–Trinajstić information content (AvgIpc) is 3.46. The van der Waals surface area contributed by atoms with Gasteiger partial charge in [-0.25, -0.2) is 0 Å². The van der Waals surface area contributed by atoms with E-state index in [0.717, 1.165) is 55.5 Å². The summed E-state index contributed by atoms with van der Waals surface area (Å²) in [6.45, 7) is 16.1. The van der Waals surface area contributed by atoms with Gasteiger partial charge in [-0.2, -0.15) is 0 Å². The lowest BCUT2D eigenvalue weighted by molar-refractivity contribution is -0.915. The molecular formula is C33H59IN2O. The van der Waals surface area contributed by atoms with Crippen LogP contribution in [0, 0.1) is 46.3 Å². The zero-order valence-electron chi connectivity index (χ0n) is 24.8. The smallest absolute Gasteiger partial charge is 0.220 e. The lowest BCUT2D eigenvalue weighted by atomic mass is 9.44. The molecule has 0 aromatic carbocycles. The summed E-state index contributed by atoms with van der Waals surface area (Å²) in [6, 6.07) is 0. The highest BCUT2D eigenvalue weighted by molar-refractivity contribution is 5.75. The maximum Gasteiger partial charge on any atom is 0.220 e. The van der Waals surface area contributed by atoms with Crippen molar-refractivity contribution in [2.45, 2.75) is 124 Å². The summed E-state index contributed by atoms with van der Waals surface area (Å²) < 4.78 is 1.25. The van der Waals surface area contributed by atoms with Gasteiger partial charge in [0, 0.05) is 19.3 Å². The Kier molecular flexibility index (Phi) is 10.1. The zero-order valence-corrected chi connectivity index (χ0v) is 27.0. The maximum atomic E-state index is 12.8. The quantitative estimate of drug-likeness (QED) is 0.295. The Morgan fingerprint density at radius 2 is 1.65 bits per heavy atom. The van der Waals surface area contributed by atoms with Crippen molar-refractivity contribution in [3.05, 3.63) is 0 Å². The summed E-state index contributed by atoms with van der Waals surface area (Å²) >= 11 is 0. The zero-order chi connectivity index (χ0) is 25.4. The number of fused-ring (bicyclic) bond motifs is 5.